The number of carbonyl (C=O) groups is 2. The number of hydrogen-bond acceptors (Lipinski definition) is 4. The van der Waals surface area contributed by atoms with E-state index in [-0.39, 0.29) is 12.0 Å². The van der Waals surface area contributed by atoms with Crippen LogP contribution in [-0.2, 0) is 23.5 Å². The minimum Gasteiger partial charge on any atom is -0.481 e. The number of unbranched alkanes of at least 4 members (excludes halogenated alkanes) is 1. The molecule has 7 heteroatoms. The normalized spacial score (nSPS) is 10.8. The Morgan fingerprint density at radius 1 is 1.19 bits per heavy atom. The average Bonchev–Trinajstić information content (AvgIpc) is 2.99. The molecule has 0 aliphatic rings. The van der Waals surface area contributed by atoms with Crippen LogP contribution in [0.1, 0.15) is 53.6 Å². The minimum absolute atomic E-state index is 0.151. The fraction of sp³-hybridized carbons (Fsp3) is 0.421. The van der Waals surface area contributed by atoms with Gasteiger partial charge >= 0.3 is 11.9 Å². The zero-order chi connectivity index (χ0) is 18.9. The monoisotopic (exact) mass is 376 g/mol. The second kappa shape index (κ2) is 10.0. The lowest BCUT2D eigenvalue weighted by atomic mass is 10.1. The van der Waals surface area contributed by atoms with Crippen LogP contribution in [0.15, 0.2) is 30.5 Å². The van der Waals surface area contributed by atoms with Gasteiger partial charge in [-0.3, -0.25) is 4.79 Å². The molecular formula is C19H24N2O4S. The third kappa shape index (κ3) is 5.91. The van der Waals surface area contributed by atoms with Crippen LogP contribution >= 0.6 is 11.8 Å². The summed E-state index contributed by atoms with van der Waals surface area (Å²) in [5.41, 5.74) is 2.35. The van der Waals surface area contributed by atoms with Crippen molar-refractivity contribution >= 4 is 23.7 Å². The summed E-state index contributed by atoms with van der Waals surface area (Å²) in [7, 11) is 0. The molecule has 0 unspecified atom stereocenters. The molecule has 0 saturated carbocycles. The Morgan fingerprint density at radius 3 is 2.54 bits per heavy atom. The zero-order valence-electron chi connectivity index (χ0n) is 14.9. The van der Waals surface area contributed by atoms with Crippen molar-refractivity contribution in [2.75, 3.05) is 5.75 Å². The first-order valence-electron chi connectivity index (χ1n) is 8.66. The number of benzene rings is 1. The molecule has 2 rings (SSSR count). The zero-order valence-corrected chi connectivity index (χ0v) is 15.7. The SMILES string of the molecule is CCCCc1ncc(CSCCC(=O)O)n1Cc1ccc(C(=O)O)cc1. The van der Waals surface area contributed by atoms with E-state index < -0.39 is 11.9 Å². The van der Waals surface area contributed by atoms with E-state index in [0.717, 1.165) is 36.3 Å². The van der Waals surface area contributed by atoms with Crippen molar-refractivity contribution in [1.29, 1.82) is 0 Å². The van der Waals surface area contributed by atoms with Gasteiger partial charge in [-0.05, 0) is 24.1 Å². The quantitative estimate of drug-likeness (QED) is 0.581. The van der Waals surface area contributed by atoms with Crippen molar-refractivity contribution in [2.24, 2.45) is 0 Å². The highest BCUT2D eigenvalue weighted by molar-refractivity contribution is 7.98. The van der Waals surface area contributed by atoms with Crippen molar-refractivity contribution in [3.63, 3.8) is 0 Å². The Morgan fingerprint density at radius 2 is 1.92 bits per heavy atom. The number of aromatic carboxylic acids is 1. The number of thioether (sulfide) groups is 1. The first-order chi connectivity index (χ1) is 12.5. The maximum atomic E-state index is 11.0. The molecule has 6 nitrogen and oxygen atoms in total. The van der Waals surface area contributed by atoms with E-state index in [4.69, 9.17) is 10.2 Å². The van der Waals surface area contributed by atoms with Crippen LogP contribution in [0, 0.1) is 0 Å². The van der Waals surface area contributed by atoms with E-state index >= 15 is 0 Å². The first kappa shape index (κ1) is 20.0. The molecule has 140 valence electrons. The third-order valence-corrected chi connectivity index (χ3v) is 5.02. The Kier molecular flexibility index (Phi) is 7.72. The van der Waals surface area contributed by atoms with E-state index in [0.29, 0.717) is 18.1 Å². The molecule has 1 aromatic carbocycles. The number of rotatable bonds is 11. The Labute approximate surface area is 157 Å². The van der Waals surface area contributed by atoms with Crippen molar-refractivity contribution in [3.05, 3.63) is 53.1 Å². The van der Waals surface area contributed by atoms with Crippen molar-refractivity contribution < 1.29 is 19.8 Å². The summed E-state index contributed by atoms with van der Waals surface area (Å²) < 4.78 is 2.17. The van der Waals surface area contributed by atoms with Crippen molar-refractivity contribution in [3.8, 4) is 0 Å². The largest absolute Gasteiger partial charge is 0.481 e. The number of nitrogens with zero attached hydrogens (tertiary/aromatic N) is 2. The van der Waals surface area contributed by atoms with Gasteiger partial charge < -0.3 is 14.8 Å². The van der Waals surface area contributed by atoms with Gasteiger partial charge in [-0.1, -0.05) is 25.5 Å². The summed E-state index contributed by atoms with van der Waals surface area (Å²) in [6.45, 7) is 2.77. The number of imidazole rings is 1. The Bertz CT molecular complexity index is 740. The molecule has 0 aliphatic carbocycles. The van der Waals surface area contributed by atoms with E-state index in [2.05, 4.69) is 16.5 Å². The van der Waals surface area contributed by atoms with Gasteiger partial charge in [0, 0.05) is 36.4 Å². The topological polar surface area (TPSA) is 92.4 Å². The molecule has 1 aromatic heterocycles. The van der Waals surface area contributed by atoms with E-state index in [1.54, 1.807) is 23.9 Å². The standard InChI is InChI=1S/C19H24N2O4S/c1-2-3-4-17-20-11-16(13-26-10-9-18(22)23)21(17)12-14-5-7-15(8-6-14)19(24)25/h5-8,11H,2-4,9-10,12-13H2,1H3,(H,22,23)(H,24,25). The van der Waals surface area contributed by atoms with Crippen molar-refractivity contribution in [2.45, 2.75) is 44.9 Å². The van der Waals surface area contributed by atoms with Gasteiger partial charge in [0.2, 0.25) is 0 Å². The lowest BCUT2D eigenvalue weighted by Crippen LogP contribution is -2.09. The van der Waals surface area contributed by atoms with Crippen LogP contribution < -0.4 is 0 Å². The maximum Gasteiger partial charge on any atom is 0.335 e. The minimum atomic E-state index is -0.932. The van der Waals surface area contributed by atoms with Crippen LogP contribution in [-0.4, -0.2) is 37.5 Å². The molecule has 0 radical (unpaired) electrons. The van der Waals surface area contributed by atoms with Gasteiger partial charge in [-0.2, -0.15) is 11.8 Å². The summed E-state index contributed by atoms with van der Waals surface area (Å²) in [4.78, 5) is 26.2. The molecule has 0 spiro atoms. The highest BCUT2D eigenvalue weighted by Crippen LogP contribution is 2.18. The number of aromatic nitrogens is 2. The number of carboxylic acid groups (broad SMARTS) is 2. The fourth-order valence-electron chi connectivity index (χ4n) is 2.57. The second-order valence-corrected chi connectivity index (χ2v) is 7.16. The summed E-state index contributed by atoms with van der Waals surface area (Å²) in [5, 5.41) is 17.8. The number of hydrogen-bond donors (Lipinski definition) is 2. The molecule has 1 heterocycles. The average molecular weight is 376 g/mol. The molecular weight excluding hydrogens is 352 g/mol. The van der Waals surface area contributed by atoms with Crippen LogP contribution in [0.2, 0.25) is 0 Å². The van der Waals surface area contributed by atoms with Gasteiger partial charge in [0.1, 0.15) is 5.82 Å². The predicted molar refractivity (Wildman–Crippen MR) is 102 cm³/mol. The maximum absolute atomic E-state index is 11.0. The highest BCUT2D eigenvalue weighted by atomic mass is 32.2. The van der Waals surface area contributed by atoms with Crippen LogP contribution in [0.25, 0.3) is 0 Å². The number of carboxylic acids is 2. The van der Waals surface area contributed by atoms with Crippen LogP contribution in [0.3, 0.4) is 0 Å². The fourth-order valence-corrected chi connectivity index (χ4v) is 3.47. The molecule has 2 aromatic rings. The summed E-state index contributed by atoms with van der Waals surface area (Å²) in [6, 6.07) is 6.88. The molecule has 0 atom stereocenters. The van der Waals surface area contributed by atoms with Gasteiger partial charge in [0.15, 0.2) is 0 Å². The first-order valence-corrected chi connectivity index (χ1v) is 9.81. The Balaban J connectivity index is 2.12. The highest BCUT2D eigenvalue weighted by Gasteiger charge is 2.11. The Hall–Kier alpha value is -2.28. The second-order valence-electron chi connectivity index (χ2n) is 6.05. The molecule has 0 fully saturated rings. The number of aryl methyl sites for hydroxylation is 1. The lowest BCUT2D eigenvalue weighted by Gasteiger charge is -2.12. The molecule has 2 N–H and O–H groups in total. The van der Waals surface area contributed by atoms with Crippen LogP contribution in [0.5, 0.6) is 0 Å². The lowest BCUT2D eigenvalue weighted by molar-refractivity contribution is -0.136. The molecule has 0 saturated heterocycles. The summed E-state index contributed by atoms with van der Waals surface area (Å²) in [6.07, 6.45) is 5.05. The smallest absolute Gasteiger partial charge is 0.335 e. The molecule has 0 amide bonds. The van der Waals surface area contributed by atoms with Gasteiger partial charge in [0.25, 0.3) is 0 Å². The van der Waals surface area contributed by atoms with E-state index in [1.165, 1.54) is 0 Å². The van der Waals surface area contributed by atoms with Crippen LogP contribution in [0.4, 0.5) is 0 Å². The summed E-state index contributed by atoms with van der Waals surface area (Å²) >= 11 is 1.58. The van der Waals surface area contributed by atoms with Crippen molar-refractivity contribution in [1.82, 2.24) is 9.55 Å². The predicted octanol–water partition coefficient (Wildman–Crippen LogP) is 3.68. The van der Waals surface area contributed by atoms with E-state index in [9.17, 15) is 9.59 Å². The van der Waals surface area contributed by atoms with E-state index in [1.807, 2.05) is 18.3 Å². The molecule has 26 heavy (non-hydrogen) atoms. The van der Waals surface area contributed by atoms with Gasteiger partial charge in [0.05, 0.1) is 12.0 Å². The molecule has 0 aliphatic heterocycles. The third-order valence-electron chi connectivity index (χ3n) is 4.03. The number of aliphatic carboxylic acids is 1. The van der Waals surface area contributed by atoms with Gasteiger partial charge in [-0.15, -0.1) is 0 Å². The van der Waals surface area contributed by atoms with Gasteiger partial charge in [-0.25, -0.2) is 9.78 Å². The summed E-state index contributed by atoms with van der Waals surface area (Å²) in [5.74, 6) is 0.576. The molecule has 0 bridgehead atoms.